The fourth-order valence-electron chi connectivity index (χ4n) is 3.39. The number of aromatic nitrogens is 2. The van der Waals surface area contributed by atoms with Gasteiger partial charge in [-0.05, 0) is 43.4 Å². The summed E-state index contributed by atoms with van der Waals surface area (Å²) in [5.41, 5.74) is 1.52. The molecule has 4 bridgehead atoms. The van der Waals surface area contributed by atoms with E-state index in [-0.39, 0.29) is 22.3 Å². The lowest BCUT2D eigenvalue weighted by Crippen LogP contribution is -2.29. The van der Waals surface area contributed by atoms with Crippen molar-refractivity contribution in [1.29, 1.82) is 0 Å². The molecule has 1 atom stereocenters. The average molecular weight is 403 g/mol. The molecule has 2 heterocycles. The molecule has 2 N–H and O–H groups in total. The smallest absolute Gasteiger partial charge is 0.264 e. The van der Waals surface area contributed by atoms with Gasteiger partial charge in [-0.15, -0.1) is 0 Å². The Morgan fingerprint density at radius 2 is 2.04 bits per heavy atom. The van der Waals surface area contributed by atoms with Crippen molar-refractivity contribution in [3.8, 4) is 5.88 Å². The Hall–Kier alpha value is -2.35. The molecule has 1 aromatic carbocycles. The number of nitrogens with zero attached hydrogens (tertiary/aromatic N) is 2. The van der Waals surface area contributed by atoms with E-state index in [4.69, 9.17) is 4.74 Å². The van der Waals surface area contributed by atoms with Crippen molar-refractivity contribution in [3.05, 3.63) is 36.0 Å². The molecule has 1 fully saturated rings. The van der Waals surface area contributed by atoms with Crippen LogP contribution in [0.4, 0.5) is 11.6 Å². The van der Waals surface area contributed by atoms with E-state index in [1.807, 2.05) is 12.1 Å². The largest absolute Gasteiger partial charge is 0.475 e. The third-order valence-corrected chi connectivity index (χ3v) is 6.58. The van der Waals surface area contributed by atoms with E-state index in [1.165, 1.54) is 0 Å². The molecule has 28 heavy (non-hydrogen) atoms. The lowest BCUT2D eigenvalue weighted by Gasteiger charge is -2.23. The number of ether oxygens (including phenoxy) is 1. The first kappa shape index (κ1) is 19.0. The number of sulfonamides is 1. The highest BCUT2D eigenvalue weighted by Crippen LogP contribution is 2.47. The van der Waals surface area contributed by atoms with Gasteiger partial charge in [-0.3, -0.25) is 0 Å². The summed E-state index contributed by atoms with van der Waals surface area (Å²) in [5, 5.41) is 3.41. The van der Waals surface area contributed by atoms with E-state index < -0.39 is 10.0 Å². The van der Waals surface area contributed by atoms with Gasteiger partial charge in [-0.25, -0.2) is 18.1 Å². The van der Waals surface area contributed by atoms with Gasteiger partial charge in [0.15, 0.2) is 0 Å². The molecule has 150 valence electrons. The molecule has 0 amide bonds. The monoisotopic (exact) mass is 402 g/mol. The quantitative estimate of drug-likeness (QED) is 0.816. The molecule has 2 aromatic rings. The Kier molecular flexibility index (Phi) is 4.69. The van der Waals surface area contributed by atoms with Crippen LogP contribution >= 0.6 is 0 Å². The highest BCUT2D eigenvalue weighted by Gasteiger charge is 2.41. The first-order chi connectivity index (χ1) is 13.2. The normalized spacial score (nSPS) is 22.1. The van der Waals surface area contributed by atoms with Gasteiger partial charge in [0.25, 0.3) is 10.0 Å². The van der Waals surface area contributed by atoms with E-state index >= 15 is 0 Å². The third-order valence-electron chi connectivity index (χ3n) is 5.25. The second kappa shape index (κ2) is 6.92. The number of fused-ring (bicyclic) bond motifs is 4. The zero-order valence-corrected chi connectivity index (χ0v) is 17.2. The highest BCUT2D eigenvalue weighted by atomic mass is 32.2. The van der Waals surface area contributed by atoms with Crippen LogP contribution in [0.15, 0.2) is 35.2 Å². The zero-order chi connectivity index (χ0) is 19.9. The lowest BCUT2D eigenvalue weighted by molar-refractivity contribution is 0.270. The maximum Gasteiger partial charge on any atom is 0.264 e. The molecule has 1 aliphatic heterocycles. The summed E-state index contributed by atoms with van der Waals surface area (Å²) in [5.74, 6) is 0.917. The summed E-state index contributed by atoms with van der Waals surface area (Å²) in [6.07, 6.45) is 2.93. The molecule has 7 nitrogen and oxygen atoms in total. The van der Waals surface area contributed by atoms with Gasteiger partial charge in [0.05, 0.1) is 16.6 Å². The first-order valence-electron chi connectivity index (χ1n) is 9.65. The van der Waals surface area contributed by atoms with Crippen LogP contribution in [0.5, 0.6) is 5.88 Å². The number of hydrogen-bond donors (Lipinski definition) is 2. The maximum absolute atomic E-state index is 12.9. The molecule has 1 aromatic heterocycles. The van der Waals surface area contributed by atoms with Crippen molar-refractivity contribution in [2.75, 3.05) is 16.6 Å². The molecule has 0 spiro atoms. The third kappa shape index (κ3) is 4.06. The van der Waals surface area contributed by atoms with Gasteiger partial charge in [0, 0.05) is 17.2 Å². The van der Waals surface area contributed by atoms with Crippen molar-refractivity contribution >= 4 is 21.7 Å². The van der Waals surface area contributed by atoms with E-state index in [2.05, 4.69) is 40.8 Å². The van der Waals surface area contributed by atoms with Crippen LogP contribution in [-0.4, -0.2) is 31.0 Å². The van der Waals surface area contributed by atoms with Crippen molar-refractivity contribution in [2.45, 2.75) is 56.4 Å². The van der Waals surface area contributed by atoms with E-state index in [1.54, 1.807) is 18.2 Å². The second-order valence-corrected chi connectivity index (χ2v) is 10.1. The Morgan fingerprint density at radius 3 is 2.75 bits per heavy atom. The summed E-state index contributed by atoms with van der Waals surface area (Å²) in [7, 11) is -3.80. The van der Waals surface area contributed by atoms with E-state index in [0.717, 1.165) is 30.6 Å². The Morgan fingerprint density at radius 1 is 1.25 bits per heavy atom. The molecule has 8 heteroatoms. The summed E-state index contributed by atoms with van der Waals surface area (Å²) in [6.45, 7) is 6.85. The molecular weight excluding hydrogens is 376 g/mol. The summed E-state index contributed by atoms with van der Waals surface area (Å²) in [6, 6.07) is 8.65. The van der Waals surface area contributed by atoms with Gasteiger partial charge < -0.3 is 10.1 Å². The topological polar surface area (TPSA) is 93.2 Å². The van der Waals surface area contributed by atoms with Gasteiger partial charge in [-0.2, -0.15) is 4.98 Å². The fraction of sp³-hybridized carbons (Fsp3) is 0.500. The molecule has 1 saturated carbocycles. The summed E-state index contributed by atoms with van der Waals surface area (Å²) < 4.78 is 34.2. The first-order valence-corrected chi connectivity index (χ1v) is 11.1. The zero-order valence-electron chi connectivity index (χ0n) is 16.4. The Bertz CT molecular complexity index is 987. The second-order valence-electron chi connectivity index (χ2n) is 8.39. The minimum Gasteiger partial charge on any atom is -0.475 e. The van der Waals surface area contributed by atoms with Crippen LogP contribution in [0.3, 0.4) is 0 Å². The molecule has 2 aliphatic rings. The van der Waals surface area contributed by atoms with Crippen molar-refractivity contribution in [1.82, 2.24) is 9.97 Å². The molecule has 0 radical (unpaired) electrons. The molecule has 0 unspecified atom stereocenters. The van der Waals surface area contributed by atoms with Crippen molar-refractivity contribution in [2.24, 2.45) is 5.92 Å². The van der Waals surface area contributed by atoms with Gasteiger partial charge in [-0.1, -0.05) is 26.8 Å². The maximum atomic E-state index is 12.9. The average Bonchev–Trinajstić information content (AvgIpc) is 3.37. The fourth-order valence-corrected chi connectivity index (χ4v) is 4.38. The van der Waals surface area contributed by atoms with Crippen LogP contribution in [0.25, 0.3) is 0 Å². The lowest BCUT2D eigenvalue weighted by atomic mass is 10.0. The standard InChI is InChI=1S/C20H26N4O3S/c1-13(2)9-15-12-27-18-11-17(20(3)7-8-20)22-19(23-18)24-28(25,26)16-6-4-5-14(10-16)21-15/h4-6,10-11,13,15,21H,7-9,12H2,1-3H3,(H,22,23,24)/t15-/m1/s1. The van der Waals surface area contributed by atoms with E-state index in [9.17, 15) is 8.42 Å². The number of benzene rings is 1. The predicted molar refractivity (Wildman–Crippen MR) is 108 cm³/mol. The number of hydrogen-bond acceptors (Lipinski definition) is 6. The van der Waals surface area contributed by atoms with Crippen LogP contribution < -0.4 is 14.8 Å². The molecule has 1 aliphatic carbocycles. The summed E-state index contributed by atoms with van der Waals surface area (Å²) in [4.78, 5) is 8.95. The number of nitrogens with one attached hydrogen (secondary N) is 2. The molecule has 0 saturated heterocycles. The summed E-state index contributed by atoms with van der Waals surface area (Å²) >= 11 is 0. The van der Waals surface area contributed by atoms with Crippen LogP contribution in [0.1, 0.15) is 45.7 Å². The van der Waals surface area contributed by atoms with Crippen LogP contribution in [0, 0.1) is 5.92 Å². The van der Waals surface area contributed by atoms with Crippen LogP contribution in [-0.2, 0) is 15.4 Å². The van der Waals surface area contributed by atoms with Gasteiger partial charge >= 0.3 is 0 Å². The van der Waals surface area contributed by atoms with Gasteiger partial charge in [0.2, 0.25) is 11.8 Å². The molecule has 4 rings (SSSR count). The molecular formula is C20H26N4O3S. The van der Waals surface area contributed by atoms with E-state index in [0.29, 0.717) is 18.4 Å². The minimum atomic E-state index is -3.80. The minimum absolute atomic E-state index is 0.0312. The Labute approximate surface area is 166 Å². The highest BCUT2D eigenvalue weighted by molar-refractivity contribution is 7.92. The van der Waals surface area contributed by atoms with Crippen molar-refractivity contribution in [3.63, 3.8) is 0 Å². The van der Waals surface area contributed by atoms with Gasteiger partial charge in [0.1, 0.15) is 6.61 Å². The van der Waals surface area contributed by atoms with Crippen LogP contribution in [0.2, 0.25) is 0 Å². The predicted octanol–water partition coefficient (Wildman–Crippen LogP) is 3.55. The number of anilines is 2. The SMILES string of the molecule is CC(C)C[C@@H]1COc2cc(C3(C)CC3)nc(n2)NS(=O)(=O)c2cccc(c2)N1. The number of rotatable bonds is 3. The van der Waals surface area contributed by atoms with Crippen molar-refractivity contribution < 1.29 is 13.2 Å². The Balaban J connectivity index is 1.78.